The number of rotatable bonds is 8. The number of ether oxygens (including phenoxy) is 1. The summed E-state index contributed by atoms with van der Waals surface area (Å²) in [5, 5.41) is 4.25. The fourth-order valence-electron chi connectivity index (χ4n) is 3.19. The van der Waals surface area contributed by atoms with Gasteiger partial charge in [0.05, 0.1) is 18.0 Å². The van der Waals surface area contributed by atoms with Crippen LogP contribution in [0.1, 0.15) is 24.5 Å². The number of thioether (sulfide) groups is 1. The highest BCUT2D eigenvalue weighted by atomic mass is 32.2. The maximum absolute atomic E-state index is 13.6. The molecular formula is C22H21F3N2O4S. The lowest BCUT2D eigenvalue weighted by Gasteiger charge is -2.14. The summed E-state index contributed by atoms with van der Waals surface area (Å²) >= 11 is 1.31. The van der Waals surface area contributed by atoms with E-state index in [1.165, 1.54) is 29.8 Å². The number of hydrogen-bond donors (Lipinski definition) is 2. The highest BCUT2D eigenvalue weighted by Crippen LogP contribution is 2.27. The number of esters is 1. The van der Waals surface area contributed by atoms with Crippen molar-refractivity contribution < 1.29 is 32.3 Å². The van der Waals surface area contributed by atoms with Crippen molar-refractivity contribution in [1.82, 2.24) is 5.32 Å². The van der Waals surface area contributed by atoms with E-state index in [1.807, 2.05) is 11.4 Å². The number of halogens is 3. The van der Waals surface area contributed by atoms with E-state index in [1.54, 1.807) is 0 Å². The van der Waals surface area contributed by atoms with Crippen molar-refractivity contribution in [3.8, 4) is 0 Å². The molecule has 0 saturated heterocycles. The van der Waals surface area contributed by atoms with Gasteiger partial charge in [-0.05, 0) is 61.6 Å². The molecule has 1 aliphatic carbocycles. The number of nitrogens with one attached hydrogen (secondary N) is 2. The summed E-state index contributed by atoms with van der Waals surface area (Å²) in [6.07, 6.45) is 2.08. The quantitative estimate of drug-likeness (QED) is 0.354. The summed E-state index contributed by atoms with van der Waals surface area (Å²) < 4.78 is 44.8. The van der Waals surface area contributed by atoms with Crippen LogP contribution in [-0.4, -0.2) is 36.2 Å². The molecule has 0 bridgehead atoms. The zero-order valence-corrected chi connectivity index (χ0v) is 18.0. The van der Waals surface area contributed by atoms with E-state index < -0.39 is 53.6 Å². The largest absolute Gasteiger partial charge is 0.452 e. The van der Waals surface area contributed by atoms with Gasteiger partial charge in [-0.2, -0.15) is 0 Å². The second-order valence-electron chi connectivity index (χ2n) is 7.19. The van der Waals surface area contributed by atoms with E-state index >= 15 is 0 Å². The van der Waals surface area contributed by atoms with Crippen LogP contribution >= 0.6 is 11.8 Å². The molecule has 1 aliphatic rings. The number of fused-ring (bicyclic) bond motifs is 1. The van der Waals surface area contributed by atoms with E-state index in [9.17, 15) is 27.6 Å². The van der Waals surface area contributed by atoms with E-state index in [2.05, 4.69) is 17.4 Å². The molecule has 3 rings (SSSR count). The summed E-state index contributed by atoms with van der Waals surface area (Å²) in [6, 6.07) is 7.59. The fraction of sp³-hybridized carbons (Fsp3) is 0.318. The molecule has 32 heavy (non-hydrogen) atoms. The first-order chi connectivity index (χ1) is 15.2. The minimum Gasteiger partial charge on any atom is -0.452 e. The van der Waals surface area contributed by atoms with Crippen LogP contribution in [0.3, 0.4) is 0 Å². The molecule has 0 aromatic heterocycles. The minimum absolute atomic E-state index is 0.0201. The average molecular weight is 466 g/mol. The zero-order valence-electron chi connectivity index (χ0n) is 17.2. The van der Waals surface area contributed by atoms with Gasteiger partial charge in [0, 0.05) is 4.90 Å². The highest BCUT2D eigenvalue weighted by molar-refractivity contribution is 8.00. The van der Waals surface area contributed by atoms with Crippen molar-refractivity contribution in [3.63, 3.8) is 0 Å². The molecule has 0 radical (unpaired) electrons. The lowest BCUT2D eigenvalue weighted by molar-refractivity contribution is -0.152. The maximum Gasteiger partial charge on any atom is 0.317 e. The summed E-state index contributed by atoms with van der Waals surface area (Å²) in [5.74, 6) is -6.83. The van der Waals surface area contributed by atoms with Gasteiger partial charge >= 0.3 is 5.97 Å². The number of carbonyl (C=O) groups is 3. The van der Waals surface area contributed by atoms with Crippen molar-refractivity contribution in [2.24, 2.45) is 0 Å². The molecular weight excluding hydrogens is 445 g/mol. The Kier molecular flexibility index (Phi) is 7.79. The Hall–Kier alpha value is -3.01. The first-order valence-electron chi connectivity index (χ1n) is 9.89. The van der Waals surface area contributed by atoms with Crippen LogP contribution in [0.15, 0.2) is 35.2 Å². The van der Waals surface area contributed by atoms with Gasteiger partial charge in [-0.3, -0.25) is 14.4 Å². The van der Waals surface area contributed by atoms with Crippen molar-refractivity contribution in [2.45, 2.75) is 37.2 Å². The third-order valence-electron chi connectivity index (χ3n) is 4.84. The maximum atomic E-state index is 13.6. The molecule has 2 aromatic carbocycles. The molecule has 2 N–H and O–H groups in total. The average Bonchev–Trinajstić information content (AvgIpc) is 3.24. The van der Waals surface area contributed by atoms with Gasteiger partial charge in [0.15, 0.2) is 23.6 Å². The highest BCUT2D eigenvalue weighted by Gasteiger charge is 2.20. The SMILES string of the molecule is CC(OC(=O)CSc1ccc2c(c1)CCC2)C(=O)NCC(=O)Nc1ccc(F)c(F)c1F. The first-order valence-corrected chi connectivity index (χ1v) is 10.9. The number of hydrogen-bond acceptors (Lipinski definition) is 5. The topological polar surface area (TPSA) is 84.5 Å². The van der Waals surface area contributed by atoms with Gasteiger partial charge < -0.3 is 15.4 Å². The summed E-state index contributed by atoms with van der Waals surface area (Å²) in [5.41, 5.74) is 2.06. The second kappa shape index (κ2) is 10.5. The Morgan fingerprint density at radius 1 is 1.06 bits per heavy atom. The molecule has 0 heterocycles. The Morgan fingerprint density at radius 3 is 2.59 bits per heavy atom. The van der Waals surface area contributed by atoms with Crippen molar-refractivity contribution in [1.29, 1.82) is 0 Å². The Bertz CT molecular complexity index is 1050. The van der Waals surface area contributed by atoms with Crippen molar-refractivity contribution in [2.75, 3.05) is 17.6 Å². The van der Waals surface area contributed by atoms with E-state index in [4.69, 9.17) is 4.74 Å². The molecule has 0 spiro atoms. The molecule has 6 nitrogen and oxygen atoms in total. The fourth-order valence-corrected chi connectivity index (χ4v) is 3.94. The molecule has 1 unspecified atom stereocenters. The van der Waals surface area contributed by atoms with Gasteiger partial charge in [-0.25, -0.2) is 13.2 Å². The molecule has 2 aromatic rings. The number of amides is 2. The third kappa shape index (κ3) is 6.03. The summed E-state index contributed by atoms with van der Waals surface area (Å²) in [4.78, 5) is 36.9. The number of benzene rings is 2. The lowest BCUT2D eigenvalue weighted by Crippen LogP contribution is -2.40. The molecule has 1 atom stereocenters. The normalized spacial score (nSPS) is 13.2. The first kappa shape index (κ1) is 23.6. The lowest BCUT2D eigenvalue weighted by atomic mass is 10.1. The van der Waals surface area contributed by atoms with E-state index in [-0.39, 0.29) is 5.75 Å². The van der Waals surface area contributed by atoms with Gasteiger partial charge in [0.1, 0.15) is 0 Å². The van der Waals surface area contributed by atoms with Crippen molar-refractivity contribution >= 4 is 35.2 Å². The molecule has 0 saturated carbocycles. The third-order valence-corrected chi connectivity index (χ3v) is 5.80. The van der Waals surface area contributed by atoms with Crippen LogP contribution in [0.4, 0.5) is 18.9 Å². The standard InChI is InChI=1S/C22H21F3N2O4S/c1-12(31-19(29)11-32-15-6-5-13-3-2-4-14(13)9-15)22(30)26-10-18(28)27-17-8-7-16(23)20(24)21(17)25/h5-9,12H,2-4,10-11H2,1H3,(H,26,30)(H,27,28). The number of anilines is 1. The Labute approximate surface area is 186 Å². The van der Waals surface area contributed by atoms with Gasteiger partial charge in [-0.15, -0.1) is 11.8 Å². The van der Waals surface area contributed by atoms with Crippen molar-refractivity contribution in [3.05, 3.63) is 58.9 Å². The molecule has 0 fully saturated rings. The van der Waals surface area contributed by atoms with Gasteiger partial charge in [0.25, 0.3) is 5.91 Å². The van der Waals surface area contributed by atoms with Crippen LogP contribution < -0.4 is 10.6 Å². The molecule has 10 heteroatoms. The number of carbonyl (C=O) groups excluding carboxylic acids is 3. The minimum atomic E-state index is -1.72. The summed E-state index contributed by atoms with van der Waals surface area (Å²) in [6.45, 7) is 0.767. The smallest absolute Gasteiger partial charge is 0.317 e. The molecule has 0 aliphatic heterocycles. The monoisotopic (exact) mass is 466 g/mol. The second-order valence-corrected chi connectivity index (χ2v) is 8.24. The van der Waals surface area contributed by atoms with Crippen LogP contribution in [0.2, 0.25) is 0 Å². The van der Waals surface area contributed by atoms with Crippen LogP contribution in [0.5, 0.6) is 0 Å². The Balaban J connectivity index is 1.40. The number of aryl methyl sites for hydroxylation is 2. The predicted octanol–water partition coefficient (Wildman–Crippen LogP) is 3.37. The molecule has 2 amide bonds. The summed E-state index contributed by atoms with van der Waals surface area (Å²) in [7, 11) is 0. The van der Waals surface area contributed by atoms with E-state index in [0.29, 0.717) is 6.07 Å². The van der Waals surface area contributed by atoms with E-state index in [0.717, 1.165) is 30.2 Å². The zero-order chi connectivity index (χ0) is 23.3. The van der Waals surface area contributed by atoms with Crippen LogP contribution in [0, 0.1) is 17.5 Å². The van der Waals surface area contributed by atoms with Gasteiger partial charge in [-0.1, -0.05) is 6.07 Å². The Morgan fingerprint density at radius 2 is 1.81 bits per heavy atom. The molecule has 170 valence electrons. The van der Waals surface area contributed by atoms with Gasteiger partial charge in [0.2, 0.25) is 5.91 Å². The van der Waals surface area contributed by atoms with Crippen LogP contribution in [0.25, 0.3) is 0 Å². The van der Waals surface area contributed by atoms with Crippen LogP contribution in [-0.2, 0) is 32.0 Å². The predicted molar refractivity (Wildman–Crippen MR) is 113 cm³/mol.